The van der Waals surface area contributed by atoms with Gasteiger partial charge < -0.3 is 15.0 Å². The number of aliphatic carboxylic acids is 1. The second-order valence-electron chi connectivity index (χ2n) is 8.82. The highest BCUT2D eigenvalue weighted by Gasteiger charge is 2.46. The second-order valence-corrected chi connectivity index (χ2v) is 11.0. The average molecular weight is 425 g/mol. The van der Waals surface area contributed by atoms with Gasteiger partial charge in [0.15, 0.2) is 9.84 Å². The molecular weight excluding hydrogens is 392 g/mol. The van der Waals surface area contributed by atoms with Crippen LogP contribution in [0.15, 0.2) is 24.3 Å². The average Bonchev–Trinajstić information content (AvgIpc) is 3.39. The van der Waals surface area contributed by atoms with E-state index >= 15 is 0 Å². The first-order valence-electron chi connectivity index (χ1n) is 10.2. The Balaban J connectivity index is 2.07. The summed E-state index contributed by atoms with van der Waals surface area (Å²) in [6.45, 7) is 3.17. The van der Waals surface area contributed by atoms with Crippen molar-refractivity contribution in [2.45, 2.75) is 57.8 Å². The largest absolute Gasteiger partial charge is 0.481 e. The fraction of sp³-hybridized carbons (Fsp3) is 0.636. The molecule has 29 heavy (non-hydrogen) atoms. The Hall–Kier alpha value is -1.73. The third kappa shape index (κ3) is 6.37. The molecule has 1 aliphatic carbocycles. The van der Waals surface area contributed by atoms with Crippen molar-refractivity contribution in [2.75, 3.05) is 18.1 Å². The van der Waals surface area contributed by atoms with E-state index in [2.05, 4.69) is 0 Å². The van der Waals surface area contributed by atoms with Crippen molar-refractivity contribution in [3.63, 3.8) is 0 Å². The van der Waals surface area contributed by atoms with Gasteiger partial charge in [0.25, 0.3) is 0 Å². The maximum atomic E-state index is 12.1. The number of aldehydes is 1. The molecule has 162 valence electrons. The van der Waals surface area contributed by atoms with Crippen LogP contribution in [-0.2, 0) is 31.3 Å². The highest BCUT2D eigenvalue weighted by atomic mass is 32.2. The summed E-state index contributed by atoms with van der Waals surface area (Å²) in [6, 6.07) is 7.40. The van der Waals surface area contributed by atoms with E-state index in [-0.39, 0.29) is 29.4 Å². The number of carbonyl (C=O) groups excluding carboxylic acids is 1. The van der Waals surface area contributed by atoms with E-state index in [1.54, 1.807) is 6.92 Å². The van der Waals surface area contributed by atoms with Crippen molar-refractivity contribution in [1.82, 2.24) is 0 Å². The van der Waals surface area contributed by atoms with E-state index in [1.807, 2.05) is 31.2 Å². The summed E-state index contributed by atoms with van der Waals surface area (Å²) < 4.78 is 24.1. The van der Waals surface area contributed by atoms with Gasteiger partial charge >= 0.3 is 5.97 Å². The van der Waals surface area contributed by atoms with Gasteiger partial charge in [0.2, 0.25) is 0 Å². The number of benzene rings is 1. The topological polar surface area (TPSA) is 109 Å². The first kappa shape index (κ1) is 23.5. The molecule has 1 aliphatic rings. The Morgan fingerprint density at radius 2 is 2.03 bits per heavy atom. The SMILES string of the molecule is CC(C=O)Cc1cccc(C(C)(CCCC2(CS(=O)(=O)CCO)CC2)C(=O)O)c1. The summed E-state index contributed by atoms with van der Waals surface area (Å²) in [4.78, 5) is 23.0. The third-order valence-corrected chi connectivity index (χ3v) is 7.95. The second kappa shape index (κ2) is 9.39. The minimum Gasteiger partial charge on any atom is -0.481 e. The quantitative estimate of drug-likeness (QED) is 0.471. The molecule has 2 N–H and O–H groups in total. The normalized spacial score (nSPS) is 18.6. The van der Waals surface area contributed by atoms with Crippen LogP contribution in [0.5, 0.6) is 0 Å². The molecule has 0 aliphatic heterocycles. The van der Waals surface area contributed by atoms with Gasteiger partial charge in [0.05, 0.1) is 23.5 Å². The lowest BCUT2D eigenvalue weighted by atomic mass is 9.76. The smallest absolute Gasteiger partial charge is 0.313 e. The molecule has 1 aromatic rings. The molecule has 6 nitrogen and oxygen atoms in total. The fourth-order valence-corrected chi connectivity index (χ4v) is 5.76. The molecule has 0 bridgehead atoms. The van der Waals surface area contributed by atoms with Gasteiger partial charge in [-0.15, -0.1) is 0 Å². The number of carbonyl (C=O) groups is 2. The van der Waals surface area contributed by atoms with Crippen LogP contribution in [0, 0.1) is 11.3 Å². The predicted octanol–water partition coefficient (Wildman–Crippen LogP) is 2.76. The number of hydrogen-bond acceptors (Lipinski definition) is 5. The summed E-state index contributed by atoms with van der Waals surface area (Å²) in [5, 5.41) is 18.8. The van der Waals surface area contributed by atoms with Crippen molar-refractivity contribution >= 4 is 22.1 Å². The van der Waals surface area contributed by atoms with E-state index in [4.69, 9.17) is 5.11 Å². The zero-order valence-electron chi connectivity index (χ0n) is 17.3. The van der Waals surface area contributed by atoms with Crippen molar-refractivity contribution in [3.05, 3.63) is 35.4 Å². The van der Waals surface area contributed by atoms with Crippen molar-refractivity contribution < 1.29 is 28.2 Å². The summed E-state index contributed by atoms with van der Waals surface area (Å²) in [6.07, 6.45) is 4.83. The molecule has 2 atom stereocenters. The summed E-state index contributed by atoms with van der Waals surface area (Å²) in [7, 11) is -3.28. The number of hydrogen-bond donors (Lipinski definition) is 2. The molecule has 1 aromatic carbocycles. The number of aliphatic hydroxyl groups is 1. The molecule has 1 fully saturated rings. The van der Waals surface area contributed by atoms with Gasteiger partial charge in [-0.25, -0.2) is 8.42 Å². The lowest BCUT2D eigenvalue weighted by molar-refractivity contribution is -0.143. The molecule has 1 saturated carbocycles. The Bertz CT molecular complexity index is 827. The summed E-state index contributed by atoms with van der Waals surface area (Å²) in [5.41, 5.74) is 0.316. The molecule has 0 amide bonds. The molecular formula is C22H32O6S. The highest BCUT2D eigenvalue weighted by Crippen LogP contribution is 2.51. The Morgan fingerprint density at radius 3 is 2.59 bits per heavy atom. The van der Waals surface area contributed by atoms with Gasteiger partial charge in [-0.1, -0.05) is 37.6 Å². The van der Waals surface area contributed by atoms with Crippen LogP contribution in [0.1, 0.15) is 57.1 Å². The number of aliphatic hydroxyl groups excluding tert-OH is 1. The molecule has 7 heteroatoms. The van der Waals surface area contributed by atoms with Crippen molar-refractivity contribution in [3.8, 4) is 0 Å². The molecule has 0 aromatic heterocycles. The van der Waals surface area contributed by atoms with Gasteiger partial charge in [0.1, 0.15) is 6.29 Å². The lowest BCUT2D eigenvalue weighted by Crippen LogP contribution is -2.33. The van der Waals surface area contributed by atoms with Crippen LogP contribution in [-0.4, -0.2) is 49.0 Å². The van der Waals surface area contributed by atoms with Crippen LogP contribution in [0.4, 0.5) is 0 Å². The van der Waals surface area contributed by atoms with Crippen molar-refractivity contribution in [2.24, 2.45) is 11.3 Å². The van der Waals surface area contributed by atoms with E-state index in [0.29, 0.717) is 31.2 Å². The van der Waals surface area contributed by atoms with E-state index in [0.717, 1.165) is 24.7 Å². The zero-order chi connectivity index (χ0) is 21.7. The van der Waals surface area contributed by atoms with Gasteiger partial charge in [-0.3, -0.25) is 4.79 Å². The Labute approximate surface area is 173 Å². The third-order valence-electron chi connectivity index (χ3n) is 6.10. The standard InChI is InChI=1S/C22H32O6S/c1-17(15-24)13-18-5-3-6-19(14-18)21(2,20(25)26)7-4-8-22(9-10-22)16-29(27,28)12-11-23/h3,5-6,14-15,17,23H,4,7-13,16H2,1-2H3,(H,25,26). The highest BCUT2D eigenvalue weighted by molar-refractivity contribution is 7.91. The van der Waals surface area contributed by atoms with Crippen LogP contribution in [0.25, 0.3) is 0 Å². The first-order chi connectivity index (χ1) is 13.6. The zero-order valence-corrected chi connectivity index (χ0v) is 18.1. The predicted molar refractivity (Wildman–Crippen MR) is 112 cm³/mol. The maximum absolute atomic E-state index is 12.1. The summed E-state index contributed by atoms with van der Waals surface area (Å²) >= 11 is 0. The summed E-state index contributed by atoms with van der Waals surface area (Å²) in [5.74, 6) is -1.18. The van der Waals surface area contributed by atoms with Crippen LogP contribution < -0.4 is 0 Å². The van der Waals surface area contributed by atoms with E-state index in [1.165, 1.54) is 0 Å². The van der Waals surface area contributed by atoms with E-state index in [9.17, 15) is 23.1 Å². The van der Waals surface area contributed by atoms with E-state index < -0.39 is 21.2 Å². The molecule has 2 unspecified atom stereocenters. The number of rotatable bonds is 13. The number of sulfone groups is 1. The van der Waals surface area contributed by atoms with Crippen LogP contribution in [0.3, 0.4) is 0 Å². The van der Waals surface area contributed by atoms with Crippen molar-refractivity contribution in [1.29, 1.82) is 0 Å². The van der Waals surface area contributed by atoms with Gasteiger partial charge in [0, 0.05) is 5.92 Å². The van der Waals surface area contributed by atoms with Crippen LogP contribution >= 0.6 is 0 Å². The Kier molecular flexibility index (Phi) is 7.62. The molecule has 2 rings (SSSR count). The minimum absolute atomic E-state index is 0.0728. The Morgan fingerprint density at radius 1 is 1.34 bits per heavy atom. The molecule has 0 heterocycles. The molecule has 0 saturated heterocycles. The van der Waals surface area contributed by atoms with Crippen LogP contribution in [0.2, 0.25) is 0 Å². The lowest BCUT2D eigenvalue weighted by Gasteiger charge is -2.27. The van der Waals surface area contributed by atoms with Gasteiger partial charge in [-0.05, 0) is 55.6 Å². The molecule has 0 radical (unpaired) electrons. The molecule has 0 spiro atoms. The first-order valence-corrected chi connectivity index (χ1v) is 12.0. The minimum atomic E-state index is -3.28. The number of carboxylic acid groups (broad SMARTS) is 1. The van der Waals surface area contributed by atoms with Gasteiger partial charge in [-0.2, -0.15) is 0 Å². The number of carboxylic acids is 1. The maximum Gasteiger partial charge on any atom is 0.313 e. The fourth-order valence-electron chi connectivity index (χ4n) is 3.97. The monoisotopic (exact) mass is 424 g/mol.